The molecule has 1 aromatic heterocycles. The summed E-state index contributed by atoms with van der Waals surface area (Å²) < 4.78 is 10.5. The van der Waals surface area contributed by atoms with E-state index < -0.39 is 35.6 Å². The van der Waals surface area contributed by atoms with Crippen molar-refractivity contribution in [2.24, 2.45) is 0 Å². The number of amides is 3. The molecule has 0 radical (unpaired) electrons. The molecule has 2 atom stereocenters. The number of benzene rings is 2. The maximum Gasteiger partial charge on any atom is 0.289 e. The van der Waals surface area contributed by atoms with Crippen LogP contribution in [-0.2, 0) is 32.1 Å². The van der Waals surface area contributed by atoms with Crippen molar-refractivity contribution in [2.75, 3.05) is 13.7 Å². The highest BCUT2D eigenvalue weighted by atomic mass is 16.5. The molecule has 0 fully saturated rings. The summed E-state index contributed by atoms with van der Waals surface area (Å²) in [5.41, 5.74) is 1.35. The third-order valence-electron chi connectivity index (χ3n) is 5.50. The van der Waals surface area contributed by atoms with Gasteiger partial charge in [-0.05, 0) is 48.9 Å². The Morgan fingerprint density at radius 1 is 0.868 bits per heavy atom. The SMILES string of the molecule is COc1ccc(OCC(=O)N[C@H](C)C(=O)N[C@H](Cc2ccccc2)C(=O)C(=O)NCc2ccccn2)cc1. The molecule has 0 unspecified atom stereocenters. The van der Waals surface area contributed by atoms with Crippen LogP contribution in [0.3, 0.4) is 0 Å². The first-order valence-electron chi connectivity index (χ1n) is 12.0. The van der Waals surface area contributed by atoms with Crippen LogP contribution in [0.25, 0.3) is 0 Å². The van der Waals surface area contributed by atoms with Crippen LogP contribution in [0, 0.1) is 0 Å². The van der Waals surface area contributed by atoms with Gasteiger partial charge in [-0.2, -0.15) is 0 Å². The highest BCUT2D eigenvalue weighted by Gasteiger charge is 2.29. The van der Waals surface area contributed by atoms with E-state index in [9.17, 15) is 19.2 Å². The van der Waals surface area contributed by atoms with Gasteiger partial charge in [0.05, 0.1) is 19.3 Å². The van der Waals surface area contributed by atoms with E-state index in [1.54, 1.807) is 80.0 Å². The zero-order chi connectivity index (χ0) is 27.3. The lowest BCUT2D eigenvalue weighted by Crippen LogP contribution is -2.54. The number of nitrogens with one attached hydrogen (secondary N) is 3. The molecule has 0 saturated carbocycles. The molecule has 0 aliphatic heterocycles. The topological polar surface area (TPSA) is 136 Å². The smallest absolute Gasteiger partial charge is 0.289 e. The van der Waals surface area contributed by atoms with Crippen molar-refractivity contribution in [3.05, 3.63) is 90.3 Å². The summed E-state index contributed by atoms with van der Waals surface area (Å²) in [5.74, 6) is -1.68. The maximum atomic E-state index is 13.0. The molecule has 0 saturated heterocycles. The minimum Gasteiger partial charge on any atom is -0.497 e. The number of rotatable bonds is 13. The van der Waals surface area contributed by atoms with Crippen LogP contribution in [0.5, 0.6) is 11.5 Å². The van der Waals surface area contributed by atoms with Gasteiger partial charge < -0.3 is 25.4 Å². The molecular weight excluding hydrogens is 488 g/mol. The predicted molar refractivity (Wildman–Crippen MR) is 139 cm³/mol. The van der Waals surface area contributed by atoms with Crippen LogP contribution in [0.1, 0.15) is 18.2 Å². The monoisotopic (exact) mass is 518 g/mol. The van der Waals surface area contributed by atoms with E-state index in [1.165, 1.54) is 6.92 Å². The zero-order valence-corrected chi connectivity index (χ0v) is 21.2. The van der Waals surface area contributed by atoms with Crippen molar-refractivity contribution in [2.45, 2.75) is 32.0 Å². The van der Waals surface area contributed by atoms with Gasteiger partial charge in [0.2, 0.25) is 11.7 Å². The first-order chi connectivity index (χ1) is 18.4. The standard InChI is InChI=1S/C28H30N4O6/c1-19(31-25(33)18-38-23-13-11-22(37-2)12-14-23)27(35)32-24(16-20-8-4-3-5-9-20)26(34)28(36)30-17-21-10-6-7-15-29-21/h3-15,19,24H,16-18H2,1-2H3,(H,30,36)(H,31,33)(H,32,35)/t19-,24-/m1/s1. The average Bonchev–Trinajstić information content (AvgIpc) is 2.95. The van der Waals surface area contributed by atoms with Crippen molar-refractivity contribution in [1.29, 1.82) is 0 Å². The van der Waals surface area contributed by atoms with Gasteiger partial charge in [-0.3, -0.25) is 24.2 Å². The third kappa shape index (κ3) is 8.74. The molecule has 3 rings (SSSR count). The summed E-state index contributed by atoms with van der Waals surface area (Å²) in [4.78, 5) is 54.9. The number of hydrogen-bond acceptors (Lipinski definition) is 7. The van der Waals surface area contributed by atoms with Crippen molar-refractivity contribution < 1.29 is 28.7 Å². The van der Waals surface area contributed by atoms with E-state index in [0.29, 0.717) is 17.2 Å². The molecule has 10 heteroatoms. The lowest BCUT2D eigenvalue weighted by Gasteiger charge is -2.21. The van der Waals surface area contributed by atoms with Gasteiger partial charge in [-0.15, -0.1) is 0 Å². The molecule has 2 aromatic carbocycles. The molecular formula is C28H30N4O6. The van der Waals surface area contributed by atoms with E-state index >= 15 is 0 Å². The summed E-state index contributed by atoms with van der Waals surface area (Å²) in [6.45, 7) is 1.23. The quantitative estimate of drug-likeness (QED) is 0.292. The molecule has 38 heavy (non-hydrogen) atoms. The lowest BCUT2D eigenvalue weighted by atomic mass is 10.0. The first kappa shape index (κ1) is 27.9. The third-order valence-corrected chi connectivity index (χ3v) is 5.50. The van der Waals surface area contributed by atoms with Crippen LogP contribution in [-0.4, -0.2) is 54.3 Å². The fourth-order valence-corrected chi connectivity index (χ4v) is 3.44. The molecule has 0 aliphatic carbocycles. The summed E-state index contributed by atoms with van der Waals surface area (Å²) in [5, 5.41) is 7.68. The number of hydrogen-bond donors (Lipinski definition) is 3. The van der Waals surface area contributed by atoms with E-state index in [2.05, 4.69) is 20.9 Å². The number of nitrogens with zero attached hydrogens (tertiary/aromatic N) is 1. The number of aromatic nitrogens is 1. The molecule has 0 aliphatic rings. The van der Waals surface area contributed by atoms with Crippen molar-refractivity contribution in [1.82, 2.24) is 20.9 Å². The van der Waals surface area contributed by atoms with Gasteiger partial charge in [-0.25, -0.2) is 0 Å². The fourth-order valence-electron chi connectivity index (χ4n) is 3.44. The van der Waals surface area contributed by atoms with E-state index in [-0.39, 0.29) is 19.6 Å². The van der Waals surface area contributed by atoms with Crippen molar-refractivity contribution >= 4 is 23.5 Å². The highest BCUT2D eigenvalue weighted by molar-refractivity contribution is 6.38. The molecule has 3 amide bonds. The minimum atomic E-state index is -1.14. The second kappa shape index (κ2) is 14.1. The van der Waals surface area contributed by atoms with Crippen LogP contribution < -0.4 is 25.4 Å². The van der Waals surface area contributed by atoms with Crippen LogP contribution in [0.2, 0.25) is 0 Å². The summed E-state index contributed by atoms with van der Waals surface area (Å²) in [6.07, 6.45) is 1.68. The minimum absolute atomic E-state index is 0.0675. The Bertz CT molecular complexity index is 1220. The molecule has 0 bridgehead atoms. The van der Waals surface area contributed by atoms with E-state index in [1.807, 2.05) is 6.07 Å². The molecule has 3 N–H and O–H groups in total. The molecule has 198 valence electrons. The number of ketones is 1. The average molecular weight is 519 g/mol. The fraction of sp³-hybridized carbons (Fsp3) is 0.250. The molecule has 10 nitrogen and oxygen atoms in total. The van der Waals surface area contributed by atoms with Gasteiger partial charge in [0.15, 0.2) is 6.61 Å². The Morgan fingerprint density at radius 3 is 2.21 bits per heavy atom. The Kier molecular flexibility index (Phi) is 10.3. The van der Waals surface area contributed by atoms with Crippen LogP contribution >= 0.6 is 0 Å². The normalized spacial score (nSPS) is 11.9. The number of pyridine rings is 1. The summed E-state index contributed by atoms with van der Waals surface area (Å²) in [6, 6.07) is 18.8. The molecule has 0 spiro atoms. The number of Topliss-reactive ketones (excluding diaryl/α,β-unsaturated/α-hetero) is 1. The summed E-state index contributed by atoms with van der Waals surface area (Å²) in [7, 11) is 1.54. The van der Waals surface area contributed by atoms with Crippen LogP contribution in [0.4, 0.5) is 0 Å². The number of carbonyl (C=O) groups excluding carboxylic acids is 4. The first-order valence-corrected chi connectivity index (χ1v) is 12.0. The Morgan fingerprint density at radius 2 is 1.55 bits per heavy atom. The van der Waals surface area contributed by atoms with Gasteiger partial charge in [0, 0.05) is 12.6 Å². The van der Waals surface area contributed by atoms with Crippen LogP contribution in [0.15, 0.2) is 79.0 Å². The highest BCUT2D eigenvalue weighted by Crippen LogP contribution is 2.16. The van der Waals surface area contributed by atoms with Gasteiger partial charge >= 0.3 is 0 Å². The largest absolute Gasteiger partial charge is 0.497 e. The second-order valence-electron chi connectivity index (χ2n) is 8.37. The molecule has 1 heterocycles. The number of carbonyl (C=O) groups is 4. The van der Waals surface area contributed by atoms with E-state index in [4.69, 9.17) is 9.47 Å². The molecule has 3 aromatic rings. The van der Waals surface area contributed by atoms with Gasteiger partial charge in [0.1, 0.15) is 23.6 Å². The van der Waals surface area contributed by atoms with Gasteiger partial charge in [0.25, 0.3) is 11.8 Å². The Balaban J connectivity index is 1.57. The van der Waals surface area contributed by atoms with Crippen molar-refractivity contribution in [3.8, 4) is 11.5 Å². The number of methoxy groups -OCH3 is 1. The maximum absolute atomic E-state index is 13.0. The summed E-state index contributed by atoms with van der Waals surface area (Å²) >= 11 is 0. The Labute approximate surface area is 220 Å². The zero-order valence-electron chi connectivity index (χ0n) is 21.2. The van der Waals surface area contributed by atoms with E-state index in [0.717, 1.165) is 5.56 Å². The van der Waals surface area contributed by atoms with Gasteiger partial charge in [-0.1, -0.05) is 36.4 Å². The lowest BCUT2D eigenvalue weighted by molar-refractivity contribution is -0.140. The number of ether oxygens (including phenoxy) is 2. The van der Waals surface area contributed by atoms with Crippen molar-refractivity contribution in [3.63, 3.8) is 0 Å². The Hall–Kier alpha value is -4.73. The second-order valence-corrected chi connectivity index (χ2v) is 8.37. The predicted octanol–water partition coefficient (Wildman–Crippen LogP) is 1.59.